The maximum Gasteiger partial charge on any atom is 0.290 e. The van der Waals surface area contributed by atoms with Crippen molar-refractivity contribution in [2.75, 3.05) is 51.8 Å². The Bertz CT molecular complexity index is 385. The summed E-state index contributed by atoms with van der Waals surface area (Å²) in [6.07, 6.45) is 1.63. The highest BCUT2D eigenvalue weighted by molar-refractivity contribution is 8.00. The van der Waals surface area contributed by atoms with E-state index in [1.165, 1.54) is 11.8 Å². The molecule has 0 saturated carbocycles. The molecule has 1 aliphatic rings. The van der Waals surface area contributed by atoms with Gasteiger partial charge in [0.2, 0.25) is 11.8 Å². The van der Waals surface area contributed by atoms with Gasteiger partial charge in [0.1, 0.15) is 0 Å². The van der Waals surface area contributed by atoms with E-state index in [0.29, 0.717) is 18.8 Å². The molecule has 0 radical (unpaired) electrons. The summed E-state index contributed by atoms with van der Waals surface area (Å²) < 4.78 is 0. The van der Waals surface area contributed by atoms with Gasteiger partial charge in [-0.25, -0.2) is 0 Å². The second kappa shape index (κ2) is 11.3. The molecular weight excluding hydrogens is 322 g/mol. The molecule has 23 heavy (non-hydrogen) atoms. The second-order valence-electron chi connectivity index (χ2n) is 5.84. The molecule has 1 aliphatic heterocycles. The van der Waals surface area contributed by atoms with Crippen LogP contribution in [0.1, 0.15) is 12.8 Å². The van der Waals surface area contributed by atoms with E-state index in [1.807, 2.05) is 19.0 Å². The first-order chi connectivity index (χ1) is 10.8. The molecule has 1 fully saturated rings. The van der Waals surface area contributed by atoms with Crippen molar-refractivity contribution in [3.05, 3.63) is 0 Å². The molecule has 2 amide bonds. The van der Waals surface area contributed by atoms with Gasteiger partial charge in [0, 0.05) is 25.0 Å². The minimum absolute atomic E-state index is 0.0487. The predicted molar refractivity (Wildman–Crippen MR) is 89.1 cm³/mol. The first-order valence-corrected chi connectivity index (χ1v) is 8.43. The summed E-state index contributed by atoms with van der Waals surface area (Å²) in [5.41, 5.74) is 4.94. The van der Waals surface area contributed by atoms with Crippen LogP contribution in [-0.2, 0) is 14.4 Å². The number of hydrogen-bond donors (Lipinski definition) is 3. The first kappa shape index (κ1) is 21.7. The number of thioether (sulfide) groups is 1. The number of primary amides is 1. The summed E-state index contributed by atoms with van der Waals surface area (Å²) in [6, 6.07) is 0. The average molecular weight is 349 g/mol. The Kier molecular flexibility index (Phi) is 10.6. The molecule has 1 rings (SSSR count). The van der Waals surface area contributed by atoms with E-state index in [0.717, 1.165) is 19.4 Å². The van der Waals surface area contributed by atoms with Crippen molar-refractivity contribution in [2.24, 2.45) is 11.1 Å². The van der Waals surface area contributed by atoms with Crippen molar-refractivity contribution < 1.29 is 24.6 Å². The number of aliphatic hydroxyl groups is 1. The molecule has 9 heteroatoms. The highest BCUT2D eigenvalue weighted by Gasteiger charge is 2.35. The predicted octanol–water partition coefficient (Wildman–Crippen LogP) is -0.932. The normalized spacial score (nSPS) is 16.4. The Labute approximate surface area is 141 Å². The van der Waals surface area contributed by atoms with Gasteiger partial charge in [-0.1, -0.05) is 0 Å². The van der Waals surface area contributed by atoms with Gasteiger partial charge in [0.15, 0.2) is 0 Å². The quantitative estimate of drug-likeness (QED) is 0.507. The van der Waals surface area contributed by atoms with Gasteiger partial charge in [0.25, 0.3) is 6.47 Å². The van der Waals surface area contributed by atoms with Gasteiger partial charge in [-0.15, -0.1) is 11.8 Å². The lowest BCUT2D eigenvalue weighted by molar-refractivity contribution is -0.131. The largest absolute Gasteiger partial charge is 0.483 e. The topological polar surface area (TPSA) is 124 Å². The number of rotatable bonds is 7. The lowest BCUT2D eigenvalue weighted by Gasteiger charge is -2.42. The van der Waals surface area contributed by atoms with Crippen LogP contribution in [0, 0.1) is 5.41 Å². The third-order valence-electron chi connectivity index (χ3n) is 3.63. The molecule has 0 spiro atoms. The van der Waals surface area contributed by atoms with Gasteiger partial charge >= 0.3 is 0 Å². The maximum atomic E-state index is 12.0. The number of carbonyl (C=O) groups is 3. The molecule has 1 heterocycles. The number of likely N-dealkylation sites (tertiary alicyclic amines) is 1. The fourth-order valence-electron chi connectivity index (χ4n) is 2.60. The molecule has 0 unspecified atom stereocenters. The van der Waals surface area contributed by atoms with Crippen LogP contribution >= 0.6 is 11.8 Å². The fraction of sp³-hybridized carbons (Fsp3) is 0.786. The Morgan fingerprint density at radius 1 is 1.30 bits per heavy atom. The third kappa shape index (κ3) is 8.77. The third-order valence-corrected chi connectivity index (χ3v) is 4.57. The molecule has 0 aliphatic carbocycles. The van der Waals surface area contributed by atoms with Crippen LogP contribution in [0.3, 0.4) is 0 Å². The zero-order chi connectivity index (χ0) is 17.9. The lowest BCUT2D eigenvalue weighted by atomic mass is 9.78. The van der Waals surface area contributed by atoms with Crippen LogP contribution in [0.15, 0.2) is 0 Å². The summed E-state index contributed by atoms with van der Waals surface area (Å²) in [6.45, 7) is 2.08. The Balaban J connectivity index is 0.00000149. The van der Waals surface area contributed by atoms with Crippen LogP contribution in [-0.4, -0.2) is 90.1 Å². The van der Waals surface area contributed by atoms with Gasteiger partial charge in [-0.3, -0.25) is 14.4 Å². The molecule has 0 bridgehead atoms. The molecule has 0 atom stereocenters. The maximum absolute atomic E-state index is 12.0. The minimum Gasteiger partial charge on any atom is -0.483 e. The summed E-state index contributed by atoms with van der Waals surface area (Å²) in [4.78, 5) is 34.9. The standard InChI is InChI=1S/C13H25N3O3S.CH2O2/c1-15(2)9-13(10-17)3-5-16(6-4-13)12(19)8-20-7-11(14)18;2-1-3/h17H,3-10H2,1-2H3,(H2,14,18);1H,(H,2,3). The van der Waals surface area contributed by atoms with Crippen LogP contribution in [0.4, 0.5) is 0 Å². The van der Waals surface area contributed by atoms with E-state index in [1.54, 1.807) is 0 Å². The van der Waals surface area contributed by atoms with Crippen molar-refractivity contribution in [1.82, 2.24) is 9.80 Å². The summed E-state index contributed by atoms with van der Waals surface area (Å²) >= 11 is 1.26. The second-order valence-corrected chi connectivity index (χ2v) is 6.83. The number of carboxylic acid groups (broad SMARTS) is 1. The number of piperidine rings is 1. The van der Waals surface area contributed by atoms with Crippen molar-refractivity contribution in [3.8, 4) is 0 Å². The van der Waals surface area contributed by atoms with Crippen molar-refractivity contribution in [2.45, 2.75) is 12.8 Å². The van der Waals surface area contributed by atoms with Crippen LogP contribution in [0.25, 0.3) is 0 Å². The number of nitrogens with zero attached hydrogens (tertiary/aromatic N) is 2. The zero-order valence-electron chi connectivity index (χ0n) is 13.7. The molecule has 134 valence electrons. The number of carbonyl (C=O) groups excluding carboxylic acids is 2. The summed E-state index contributed by atoms with van der Waals surface area (Å²) in [7, 11) is 3.99. The van der Waals surface area contributed by atoms with Crippen LogP contribution in [0.2, 0.25) is 0 Å². The molecule has 4 N–H and O–H groups in total. The summed E-state index contributed by atoms with van der Waals surface area (Å²) in [5, 5.41) is 16.5. The highest BCUT2D eigenvalue weighted by Crippen LogP contribution is 2.31. The lowest BCUT2D eigenvalue weighted by Crippen LogP contribution is -2.49. The van der Waals surface area contributed by atoms with E-state index in [2.05, 4.69) is 4.90 Å². The van der Waals surface area contributed by atoms with Crippen LogP contribution < -0.4 is 5.73 Å². The van der Waals surface area contributed by atoms with Gasteiger partial charge in [-0.05, 0) is 26.9 Å². The van der Waals surface area contributed by atoms with Crippen molar-refractivity contribution in [3.63, 3.8) is 0 Å². The Morgan fingerprint density at radius 3 is 2.22 bits per heavy atom. The smallest absolute Gasteiger partial charge is 0.290 e. The molecule has 1 saturated heterocycles. The molecular formula is C14H27N3O5S. The number of aliphatic hydroxyl groups excluding tert-OH is 1. The fourth-order valence-corrected chi connectivity index (χ4v) is 3.26. The van der Waals surface area contributed by atoms with E-state index in [-0.39, 0.29) is 30.2 Å². The van der Waals surface area contributed by atoms with Gasteiger partial charge in [-0.2, -0.15) is 0 Å². The van der Waals surface area contributed by atoms with Gasteiger partial charge < -0.3 is 25.7 Å². The van der Waals surface area contributed by atoms with E-state index < -0.39 is 5.91 Å². The minimum atomic E-state index is -0.397. The Morgan fingerprint density at radius 2 is 1.83 bits per heavy atom. The molecule has 0 aromatic carbocycles. The van der Waals surface area contributed by atoms with Gasteiger partial charge in [0.05, 0.1) is 18.1 Å². The highest BCUT2D eigenvalue weighted by atomic mass is 32.2. The number of amides is 2. The van der Waals surface area contributed by atoms with Crippen LogP contribution in [0.5, 0.6) is 0 Å². The Hall–Kier alpha value is -1.32. The van der Waals surface area contributed by atoms with E-state index in [4.69, 9.17) is 15.6 Å². The zero-order valence-corrected chi connectivity index (χ0v) is 14.5. The number of hydrogen-bond acceptors (Lipinski definition) is 6. The molecule has 0 aromatic rings. The summed E-state index contributed by atoms with van der Waals surface area (Å²) in [5.74, 6) is 0.128. The molecule has 8 nitrogen and oxygen atoms in total. The van der Waals surface area contributed by atoms with E-state index >= 15 is 0 Å². The van der Waals surface area contributed by atoms with Crippen molar-refractivity contribution in [1.29, 1.82) is 0 Å². The average Bonchev–Trinajstić information content (AvgIpc) is 2.47. The first-order valence-electron chi connectivity index (χ1n) is 7.27. The monoisotopic (exact) mass is 349 g/mol. The number of nitrogens with two attached hydrogens (primary N) is 1. The SMILES string of the molecule is CN(C)CC1(CO)CCN(C(=O)CSCC(N)=O)CC1.O=CO. The molecule has 0 aromatic heterocycles. The van der Waals surface area contributed by atoms with E-state index in [9.17, 15) is 14.7 Å². The van der Waals surface area contributed by atoms with Crippen molar-refractivity contribution >= 4 is 30.0 Å².